The van der Waals surface area contributed by atoms with Crippen LogP contribution in [-0.2, 0) is 6.42 Å². The fourth-order valence-corrected chi connectivity index (χ4v) is 3.72. The molecule has 0 N–H and O–H groups in total. The second kappa shape index (κ2) is 6.50. The molecule has 0 aliphatic carbocycles. The maximum absolute atomic E-state index is 4.86. The van der Waals surface area contributed by atoms with Gasteiger partial charge in [-0.2, -0.15) is 10.2 Å². The van der Waals surface area contributed by atoms with Crippen molar-refractivity contribution in [2.45, 2.75) is 26.2 Å². The number of fused-ring (bicyclic) bond motifs is 1. The van der Waals surface area contributed by atoms with Gasteiger partial charge in [-0.1, -0.05) is 6.92 Å². The second-order valence-corrected chi connectivity index (χ2v) is 6.84. The Morgan fingerprint density at radius 2 is 1.93 bits per heavy atom. The predicted molar refractivity (Wildman–Crippen MR) is 104 cm³/mol. The van der Waals surface area contributed by atoms with Crippen molar-refractivity contribution in [3.05, 3.63) is 54.9 Å². The Labute approximate surface area is 157 Å². The summed E-state index contributed by atoms with van der Waals surface area (Å²) in [6.45, 7) is 4.29. The summed E-state index contributed by atoms with van der Waals surface area (Å²) in [6, 6.07) is 4.10. The van der Waals surface area contributed by atoms with E-state index in [1.165, 1.54) is 18.4 Å². The van der Waals surface area contributed by atoms with E-state index in [1.807, 2.05) is 47.9 Å². The van der Waals surface area contributed by atoms with Gasteiger partial charge in [-0.3, -0.25) is 4.98 Å². The van der Waals surface area contributed by atoms with Crippen LogP contribution in [0.15, 0.2) is 49.3 Å². The van der Waals surface area contributed by atoms with E-state index in [9.17, 15) is 0 Å². The minimum absolute atomic E-state index is 0.816. The van der Waals surface area contributed by atoms with Crippen LogP contribution in [0.1, 0.15) is 25.3 Å². The number of pyridine rings is 1. The van der Waals surface area contributed by atoms with E-state index in [2.05, 4.69) is 33.1 Å². The number of anilines is 1. The molecule has 0 saturated carbocycles. The van der Waals surface area contributed by atoms with Gasteiger partial charge in [-0.25, -0.2) is 14.2 Å². The Bertz CT molecular complexity index is 1090. The lowest BCUT2D eigenvalue weighted by Crippen LogP contribution is -2.19. The Balaban J connectivity index is 1.56. The summed E-state index contributed by atoms with van der Waals surface area (Å²) in [5.41, 5.74) is 5.13. The Morgan fingerprint density at radius 1 is 1.04 bits per heavy atom. The molecule has 0 radical (unpaired) electrons. The molecule has 0 unspecified atom stereocenters. The minimum atomic E-state index is 0.816. The SMILES string of the molecule is CCc1ccncc1-c1cnn(-c2cnn3ccc(N4CCCC4)nc23)c1. The Hall–Kier alpha value is -3.22. The standard InChI is InChI=1S/C20H21N7/c1-2-15-5-7-21-12-17(15)16-11-22-27(14-16)18-13-23-26-10-6-19(24-20(18)26)25-8-3-4-9-25/h5-7,10-14H,2-4,8-9H2,1H3. The zero-order valence-electron chi connectivity index (χ0n) is 15.3. The Kier molecular flexibility index (Phi) is 3.85. The van der Waals surface area contributed by atoms with Gasteiger partial charge >= 0.3 is 0 Å². The lowest BCUT2D eigenvalue weighted by molar-refractivity contribution is 0.878. The van der Waals surface area contributed by atoms with Gasteiger partial charge in [-0.15, -0.1) is 0 Å². The Morgan fingerprint density at radius 3 is 2.78 bits per heavy atom. The average Bonchev–Trinajstić information content (AvgIpc) is 3.47. The highest BCUT2D eigenvalue weighted by molar-refractivity contribution is 5.67. The summed E-state index contributed by atoms with van der Waals surface area (Å²) < 4.78 is 3.66. The molecule has 1 aliphatic heterocycles. The first kappa shape index (κ1) is 16.0. The first-order valence-electron chi connectivity index (χ1n) is 9.41. The van der Waals surface area contributed by atoms with Gasteiger partial charge in [0.1, 0.15) is 11.5 Å². The molecule has 7 heteroatoms. The third kappa shape index (κ3) is 2.75. The van der Waals surface area contributed by atoms with E-state index in [0.717, 1.165) is 47.8 Å². The molecule has 4 aromatic heterocycles. The van der Waals surface area contributed by atoms with Crippen LogP contribution in [0.5, 0.6) is 0 Å². The molecule has 0 bridgehead atoms. The van der Waals surface area contributed by atoms with Gasteiger partial charge in [0.2, 0.25) is 0 Å². The van der Waals surface area contributed by atoms with Gasteiger partial charge in [0.25, 0.3) is 0 Å². The van der Waals surface area contributed by atoms with Crippen molar-refractivity contribution in [1.29, 1.82) is 0 Å². The number of hydrogen-bond donors (Lipinski definition) is 0. The number of hydrogen-bond acceptors (Lipinski definition) is 5. The topological polar surface area (TPSA) is 64.1 Å². The van der Waals surface area contributed by atoms with E-state index in [1.54, 1.807) is 4.52 Å². The summed E-state index contributed by atoms with van der Waals surface area (Å²) in [5, 5.41) is 9.01. The summed E-state index contributed by atoms with van der Waals surface area (Å²) in [6.07, 6.45) is 14.8. The smallest absolute Gasteiger partial charge is 0.183 e. The molecule has 0 aromatic carbocycles. The highest BCUT2D eigenvalue weighted by Crippen LogP contribution is 2.25. The molecule has 27 heavy (non-hydrogen) atoms. The largest absolute Gasteiger partial charge is 0.356 e. The monoisotopic (exact) mass is 359 g/mol. The van der Waals surface area contributed by atoms with Crippen LogP contribution in [0.2, 0.25) is 0 Å². The molecule has 4 aromatic rings. The number of aryl methyl sites for hydroxylation is 1. The molecule has 0 spiro atoms. The highest BCUT2D eigenvalue weighted by Gasteiger charge is 2.16. The molecule has 136 valence electrons. The number of rotatable bonds is 4. The number of aromatic nitrogens is 6. The second-order valence-electron chi connectivity index (χ2n) is 6.84. The molecule has 5 heterocycles. The van der Waals surface area contributed by atoms with Crippen LogP contribution in [-0.4, -0.2) is 42.5 Å². The third-order valence-electron chi connectivity index (χ3n) is 5.20. The summed E-state index contributed by atoms with van der Waals surface area (Å²) in [5.74, 6) is 1.01. The van der Waals surface area contributed by atoms with Crippen LogP contribution in [0.4, 0.5) is 5.82 Å². The quantitative estimate of drug-likeness (QED) is 0.560. The van der Waals surface area contributed by atoms with Crippen molar-refractivity contribution >= 4 is 11.5 Å². The molecule has 1 aliphatic rings. The third-order valence-corrected chi connectivity index (χ3v) is 5.20. The van der Waals surface area contributed by atoms with Crippen molar-refractivity contribution in [2.75, 3.05) is 18.0 Å². The van der Waals surface area contributed by atoms with E-state index in [4.69, 9.17) is 4.98 Å². The molecular formula is C20H21N7. The first-order chi connectivity index (χ1) is 13.3. The molecule has 0 atom stereocenters. The summed E-state index contributed by atoms with van der Waals surface area (Å²) >= 11 is 0. The molecule has 0 amide bonds. The predicted octanol–water partition coefficient (Wildman–Crippen LogP) is 3.14. The zero-order valence-corrected chi connectivity index (χ0v) is 15.3. The molecular weight excluding hydrogens is 338 g/mol. The maximum atomic E-state index is 4.86. The fraction of sp³-hybridized carbons (Fsp3) is 0.300. The van der Waals surface area contributed by atoms with Crippen molar-refractivity contribution in [2.24, 2.45) is 0 Å². The first-order valence-corrected chi connectivity index (χ1v) is 9.41. The van der Waals surface area contributed by atoms with Gasteiger partial charge in [0.15, 0.2) is 5.65 Å². The van der Waals surface area contributed by atoms with Crippen LogP contribution in [0, 0.1) is 0 Å². The van der Waals surface area contributed by atoms with Gasteiger partial charge in [0.05, 0.1) is 12.4 Å². The minimum Gasteiger partial charge on any atom is -0.356 e. The van der Waals surface area contributed by atoms with E-state index in [0.29, 0.717) is 0 Å². The molecule has 5 rings (SSSR count). The van der Waals surface area contributed by atoms with Crippen molar-refractivity contribution in [1.82, 2.24) is 29.4 Å². The van der Waals surface area contributed by atoms with E-state index in [-0.39, 0.29) is 0 Å². The van der Waals surface area contributed by atoms with Crippen molar-refractivity contribution in [3.63, 3.8) is 0 Å². The van der Waals surface area contributed by atoms with Crippen LogP contribution in [0.25, 0.3) is 22.5 Å². The van der Waals surface area contributed by atoms with Crippen LogP contribution in [0.3, 0.4) is 0 Å². The van der Waals surface area contributed by atoms with E-state index < -0.39 is 0 Å². The summed E-state index contributed by atoms with van der Waals surface area (Å²) in [4.78, 5) is 11.5. The highest BCUT2D eigenvalue weighted by atomic mass is 15.3. The number of nitrogens with zero attached hydrogens (tertiary/aromatic N) is 7. The maximum Gasteiger partial charge on any atom is 0.183 e. The molecule has 1 fully saturated rings. The molecule has 1 saturated heterocycles. The van der Waals surface area contributed by atoms with Crippen LogP contribution < -0.4 is 4.90 Å². The van der Waals surface area contributed by atoms with E-state index >= 15 is 0 Å². The zero-order chi connectivity index (χ0) is 18.2. The van der Waals surface area contributed by atoms with Crippen LogP contribution >= 0.6 is 0 Å². The van der Waals surface area contributed by atoms with Crippen molar-refractivity contribution in [3.8, 4) is 16.8 Å². The summed E-state index contributed by atoms with van der Waals surface area (Å²) in [7, 11) is 0. The van der Waals surface area contributed by atoms with Gasteiger partial charge in [0, 0.05) is 49.0 Å². The average molecular weight is 359 g/mol. The van der Waals surface area contributed by atoms with Gasteiger partial charge in [-0.05, 0) is 37.0 Å². The lowest BCUT2D eigenvalue weighted by atomic mass is 10.0. The normalized spacial score (nSPS) is 14.3. The van der Waals surface area contributed by atoms with Crippen molar-refractivity contribution < 1.29 is 0 Å². The lowest BCUT2D eigenvalue weighted by Gasteiger charge is -2.16. The van der Waals surface area contributed by atoms with Gasteiger partial charge < -0.3 is 4.90 Å². The fourth-order valence-electron chi connectivity index (χ4n) is 3.72. The molecule has 7 nitrogen and oxygen atoms in total.